The minimum absolute atomic E-state index is 0.107. The first kappa shape index (κ1) is 13.8. The highest BCUT2D eigenvalue weighted by atomic mass is 16.2. The standard InChI is InChI=1S/C15H23N3O/c1-11-8-12(2)10-18(9-11)15(19)13-6-5-7-16-14(13)17(3)4/h5-7,11-12H,8-10H2,1-4H3. The average Bonchev–Trinajstić information content (AvgIpc) is 2.36. The molecular weight excluding hydrogens is 238 g/mol. The van der Waals surface area contributed by atoms with Crippen LogP contribution < -0.4 is 4.90 Å². The monoisotopic (exact) mass is 261 g/mol. The van der Waals surface area contributed by atoms with Crippen LogP contribution in [0.4, 0.5) is 5.82 Å². The van der Waals surface area contributed by atoms with Crippen LogP contribution in [0.5, 0.6) is 0 Å². The molecule has 0 saturated carbocycles. The lowest BCUT2D eigenvalue weighted by atomic mass is 9.91. The molecule has 2 unspecified atom stereocenters. The summed E-state index contributed by atoms with van der Waals surface area (Å²) in [5.41, 5.74) is 0.703. The smallest absolute Gasteiger partial charge is 0.257 e. The molecule has 0 aromatic carbocycles. The number of piperidine rings is 1. The lowest BCUT2D eigenvalue weighted by Crippen LogP contribution is -2.43. The van der Waals surface area contributed by atoms with Gasteiger partial charge in [0, 0.05) is 33.4 Å². The molecule has 2 atom stereocenters. The Morgan fingerprint density at radius 2 is 1.95 bits per heavy atom. The minimum atomic E-state index is 0.107. The van der Waals surface area contributed by atoms with E-state index >= 15 is 0 Å². The predicted molar refractivity (Wildman–Crippen MR) is 77.4 cm³/mol. The zero-order valence-electron chi connectivity index (χ0n) is 12.3. The van der Waals surface area contributed by atoms with E-state index in [-0.39, 0.29) is 5.91 Å². The highest BCUT2D eigenvalue weighted by Gasteiger charge is 2.27. The third-order valence-electron chi connectivity index (χ3n) is 3.60. The molecule has 4 heteroatoms. The third-order valence-corrected chi connectivity index (χ3v) is 3.60. The summed E-state index contributed by atoms with van der Waals surface area (Å²) in [6.45, 7) is 6.13. The molecule has 1 amide bonds. The average molecular weight is 261 g/mol. The van der Waals surface area contributed by atoms with Crippen molar-refractivity contribution in [3.8, 4) is 0 Å². The lowest BCUT2D eigenvalue weighted by molar-refractivity contribution is 0.0623. The van der Waals surface area contributed by atoms with E-state index in [0.29, 0.717) is 17.4 Å². The van der Waals surface area contributed by atoms with Crippen molar-refractivity contribution in [3.63, 3.8) is 0 Å². The van der Waals surface area contributed by atoms with E-state index < -0.39 is 0 Å². The van der Waals surface area contributed by atoms with Crippen LogP contribution in [0.1, 0.15) is 30.6 Å². The summed E-state index contributed by atoms with van der Waals surface area (Å²) in [7, 11) is 3.83. The summed E-state index contributed by atoms with van der Waals surface area (Å²) in [5.74, 6) is 2.01. The van der Waals surface area contributed by atoms with Crippen LogP contribution in [0.3, 0.4) is 0 Å². The van der Waals surface area contributed by atoms with Gasteiger partial charge in [-0.1, -0.05) is 13.8 Å². The topological polar surface area (TPSA) is 36.4 Å². The van der Waals surface area contributed by atoms with Crippen LogP contribution in [0.25, 0.3) is 0 Å². The number of carbonyl (C=O) groups is 1. The molecule has 1 fully saturated rings. The van der Waals surface area contributed by atoms with E-state index in [1.807, 2.05) is 36.0 Å². The quantitative estimate of drug-likeness (QED) is 0.819. The molecule has 0 aliphatic carbocycles. The summed E-state index contributed by atoms with van der Waals surface area (Å²) < 4.78 is 0. The van der Waals surface area contributed by atoms with Gasteiger partial charge in [-0.3, -0.25) is 4.79 Å². The van der Waals surface area contributed by atoms with Gasteiger partial charge in [0.05, 0.1) is 5.56 Å². The van der Waals surface area contributed by atoms with Gasteiger partial charge in [0.25, 0.3) is 5.91 Å². The predicted octanol–water partition coefficient (Wildman–Crippen LogP) is 2.27. The summed E-state index contributed by atoms with van der Waals surface area (Å²) >= 11 is 0. The molecule has 0 radical (unpaired) electrons. The van der Waals surface area contributed by atoms with E-state index in [1.165, 1.54) is 6.42 Å². The number of hydrogen-bond donors (Lipinski definition) is 0. The number of rotatable bonds is 2. The maximum Gasteiger partial charge on any atom is 0.257 e. The van der Waals surface area contributed by atoms with Crippen LogP contribution in [-0.2, 0) is 0 Å². The first-order valence-corrected chi connectivity index (χ1v) is 6.90. The molecule has 19 heavy (non-hydrogen) atoms. The Kier molecular flexibility index (Phi) is 4.08. The van der Waals surface area contributed by atoms with E-state index in [9.17, 15) is 4.79 Å². The van der Waals surface area contributed by atoms with Gasteiger partial charge in [0.1, 0.15) is 5.82 Å². The summed E-state index contributed by atoms with van der Waals surface area (Å²) in [4.78, 5) is 20.9. The van der Waals surface area contributed by atoms with Crippen molar-refractivity contribution in [2.24, 2.45) is 11.8 Å². The third kappa shape index (κ3) is 3.06. The number of anilines is 1. The zero-order chi connectivity index (χ0) is 14.0. The first-order chi connectivity index (χ1) is 8.99. The van der Waals surface area contributed by atoms with Gasteiger partial charge >= 0.3 is 0 Å². The molecule has 1 saturated heterocycles. The van der Waals surface area contributed by atoms with Gasteiger partial charge in [-0.05, 0) is 30.4 Å². The molecule has 0 N–H and O–H groups in total. The Morgan fingerprint density at radius 1 is 1.32 bits per heavy atom. The Balaban J connectivity index is 2.24. The molecule has 4 nitrogen and oxygen atoms in total. The largest absolute Gasteiger partial charge is 0.362 e. The highest BCUT2D eigenvalue weighted by Crippen LogP contribution is 2.24. The molecule has 1 aromatic heterocycles. The number of likely N-dealkylation sites (tertiary alicyclic amines) is 1. The van der Waals surface area contributed by atoms with E-state index in [0.717, 1.165) is 18.9 Å². The van der Waals surface area contributed by atoms with Crippen molar-refractivity contribution in [2.45, 2.75) is 20.3 Å². The van der Waals surface area contributed by atoms with E-state index in [2.05, 4.69) is 18.8 Å². The highest BCUT2D eigenvalue weighted by molar-refractivity contribution is 5.98. The van der Waals surface area contributed by atoms with Crippen LogP contribution in [0, 0.1) is 11.8 Å². The van der Waals surface area contributed by atoms with Crippen LogP contribution >= 0.6 is 0 Å². The number of pyridine rings is 1. The normalized spacial score (nSPS) is 23.3. The Labute approximate surface area is 115 Å². The lowest BCUT2D eigenvalue weighted by Gasteiger charge is -2.35. The maximum absolute atomic E-state index is 12.7. The van der Waals surface area contributed by atoms with Crippen molar-refractivity contribution in [1.29, 1.82) is 0 Å². The van der Waals surface area contributed by atoms with E-state index in [4.69, 9.17) is 0 Å². The van der Waals surface area contributed by atoms with Crippen molar-refractivity contribution >= 4 is 11.7 Å². The SMILES string of the molecule is CC1CC(C)CN(C(=O)c2cccnc2N(C)C)C1. The molecule has 1 aromatic rings. The molecule has 104 valence electrons. The number of carbonyl (C=O) groups excluding carboxylic acids is 1. The van der Waals surface area contributed by atoms with E-state index in [1.54, 1.807) is 6.20 Å². The van der Waals surface area contributed by atoms with Crippen LogP contribution in [0.2, 0.25) is 0 Å². The Bertz CT molecular complexity index is 448. The maximum atomic E-state index is 12.7. The summed E-state index contributed by atoms with van der Waals surface area (Å²) in [5, 5.41) is 0. The molecule has 0 spiro atoms. The van der Waals surface area contributed by atoms with Gasteiger partial charge < -0.3 is 9.80 Å². The fourth-order valence-corrected chi connectivity index (χ4v) is 2.92. The molecule has 1 aliphatic heterocycles. The van der Waals surface area contributed by atoms with Crippen molar-refractivity contribution in [3.05, 3.63) is 23.9 Å². The van der Waals surface area contributed by atoms with Crippen LogP contribution in [0.15, 0.2) is 18.3 Å². The Morgan fingerprint density at radius 3 is 2.53 bits per heavy atom. The van der Waals surface area contributed by atoms with Gasteiger partial charge in [-0.2, -0.15) is 0 Å². The fraction of sp³-hybridized carbons (Fsp3) is 0.600. The number of hydrogen-bond acceptors (Lipinski definition) is 3. The molecule has 2 rings (SSSR count). The second-order valence-corrected chi connectivity index (χ2v) is 5.93. The molecule has 1 aliphatic rings. The fourth-order valence-electron chi connectivity index (χ4n) is 2.92. The van der Waals surface area contributed by atoms with Crippen LogP contribution in [-0.4, -0.2) is 43.0 Å². The summed E-state index contributed by atoms with van der Waals surface area (Å²) in [6.07, 6.45) is 2.94. The zero-order valence-corrected chi connectivity index (χ0v) is 12.3. The Hall–Kier alpha value is -1.58. The number of nitrogens with zero attached hydrogens (tertiary/aromatic N) is 3. The number of amides is 1. The van der Waals surface area contributed by atoms with Crippen molar-refractivity contribution < 1.29 is 4.79 Å². The van der Waals surface area contributed by atoms with Gasteiger partial charge in [-0.25, -0.2) is 4.98 Å². The minimum Gasteiger partial charge on any atom is -0.362 e. The van der Waals surface area contributed by atoms with Gasteiger partial charge in [0.15, 0.2) is 0 Å². The molecule has 2 heterocycles. The second-order valence-electron chi connectivity index (χ2n) is 5.93. The first-order valence-electron chi connectivity index (χ1n) is 6.90. The summed E-state index contributed by atoms with van der Waals surface area (Å²) in [6, 6.07) is 3.70. The van der Waals surface area contributed by atoms with Crippen molar-refractivity contribution in [1.82, 2.24) is 9.88 Å². The van der Waals surface area contributed by atoms with Crippen molar-refractivity contribution in [2.75, 3.05) is 32.1 Å². The second kappa shape index (κ2) is 5.59. The van der Waals surface area contributed by atoms with Gasteiger partial charge in [-0.15, -0.1) is 0 Å². The van der Waals surface area contributed by atoms with Gasteiger partial charge in [0.2, 0.25) is 0 Å². The number of aromatic nitrogens is 1. The molecular formula is C15H23N3O. The molecule has 0 bridgehead atoms.